The third-order valence-corrected chi connectivity index (χ3v) is 5.61. The Labute approximate surface area is 143 Å². The van der Waals surface area contributed by atoms with Crippen LogP contribution in [0.2, 0.25) is 10.0 Å². The minimum atomic E-state index is -3.41. The summed E-state index contributed by atoms with van der Waals surface area (Å²) in [5, 5.41) is 3.17. The molecule has 1 aliphatic heterocycles. The van der Waals surface area contributed by atoms with Crippen LogP contribution in [0.15, 0.2) is 35.2 Å². The van der Waals surface area contributed by atoms with Gasteiger partial charge < -0.3 is 10.1 Å². The van der Waals surface area contributed by atoms with Crippen molar-refractivity contribution in [2.24, 2.45) is 0 Å². The molecule has 2 aromatic rings. The van der Waals surface area contributed by atoms with Crippen molar-refractivity contribution < 1.29 is 17.9 Å². The van der Waals surface area contributed by atoms with Gasteiger partial charge in [0.2, 0.25) is 0 Å². The number of rotatable bonds is 3. The molecule has 1 aliphatic rings. The maximum atomic E-state index is 12.7. The van der Waals surface area contributed by atoms with E-state index in [9.17, 15) is 13.2 Å². The van der Waals surface area contributed by atoms with Gasteiger partial charge in [-0.3, -0.25) is 4.79 Å². The van der Waals surface area contributed by atoms with Gasteiger partial charge in [-0.15, -0.1) is 0 Å². The monoisotopic (exact) mass is 371 g/mol. The van der Waals surface area contributed by atoms with Crippen molar-refractivity contribution in [3.05, 3.63) is 51.5 Å². The Balaban J connectivity index is 2.12. The predicted octanol–water partition coefficient (Wildman–Crippen LogP) is 3.39. The van der Waals surface area contributed by atoms with E-state index in [4.69, 9.17) is 27.9 Å². The quantitative estimate of drug-likeness (QED) is 0.837. The highest BCUT2D eigenvalue weighted by Gasteiger charge is 2.30. The number of carbonyl (C=O) groups is 1. The fraction of sp³-hybridized carbons (Fsp3) is 0.133. The number of benzene rings is 2. The Bertz CT molecular complexity index is 902. The van der Waals surface area contributed by atoms with Crippen molar-refractivity contribution in [1.29, 1.82) is 0 Å². The summed E-state index contributed by atoms with van der Waals surface area (Å²) >= 11 is 12.1. The summed E-state index contributed by atoms with van der Waals surface area (Å²) in [6.45, 7) is 0. The number of fused-ring (bicyclic) bond motifs is 1. The molecule has 0 saturated carbocycles. The van der Waals surface area contributed by atoms with Gasteiger partial charge in [-0.2, -0.15) is 0 Å². The molecule has 0 unspecified atom stereocenters. The molecule has 0 aliphatic carbocycles. The SMILES string of the molecule is COc1c(Cl)cc(C(=O)c2cccc3c2NCS3(=O)=O)cc1Cl. The molecule has 0 fully saturated rings. The van der Waals surface area contributed by atoms with Gasteiger partial charge in [0.25, 0.3) is 0 Å². The Morgan fingerprint density at radius 2 is 1.87 bits per heavy atom. The zero-order valence-corrected chi connectivity index (χ0v) is 14.2. The summed E-state index contributed by atoms with van der Waals surface area (Å²) in [5.41, 5.74) is 0.807. The normalized spacial score (nSPS) is 14.9. The summed E-state index contributed by atoms with van der Waals surface area (Å²) in [4.78, 5) is 12.8. The van der Waals surface area contributed by atoms with Crippen LogP contribution in [-0.4, -0.2) is 27.2 Å². The average molecular weight is 372 g/mol. The predicted molar refractivity (Wildman–Crippen MR) is 88.6 cm³/mol. The van der Waals surface area contributed by atoms with Crippen LogP contribution in [0, 0.1) is 0 Å². The first kappa shape index (κ1) is 16.1. The van der Waals surface area contributed by atoms with Crippen LogP contribution in [-0.2, 0) is 9.84 Å². The second-order valence-corrected chi connectivity index (χ2v) is 7.69. The minimum absolute atomic E-state index is 0.119. The number of para-hydroxylation sites is 1. The Morgan fingerprint density at radius 3 is 2.48 bits per heavy atom. The zero-order chi connectivity index (χ0) is 16.8. The number of hydrogen-bond acceptors (Lipinski definition) is 5. The number of anilines is 1. The molecule has 2 aromatic carbocycles. The molecule has 0 bridgehead atoms. The van der Waals surface area contributed by atoms with Crippen LogP contribution in [0.5, 0.6) is 5.75 Å². The summed E-state index contributed by atoms with van der Waals surface area (Å²) in [5.74, 6) is -0.321. The van der Waals surface area contributed by atoms with Crippen molar-refractivity contribution in [3.8, 4) is 5.75 Å². The second-order valence-electron chi connectivity index (χ2n) is 4.92. The van der Waals surface area contributed by atoms with Gasteiger partial charge in [0.15, 0.2) is 21.4 Å². The van der Waals surface area contributed by atoms with Crippen LogP contribution in [0.3, 0.4) is 0 Å². The molecule has 0 spiro atoms. The smallest absolute Gasteiger partial charge is 0.198 e. The molecule has 120 valence electrons. The van der Waals surface area contributed by atoms with E-state index in [1.807, 2.05) is 0 Å². The zero-order valence-electron chi connectivity index (χ0n) is 11.9. The van der Waals surface area contributed by atoms with Gasteiger partial charge in [0, 0.05) is 11.1 Å². The van der Waals surface area contributed by atoms with E-state index in [1.54, 1.807) is 6.07 Å². The molecule has 0 atom stereocenters. The van der Waals surface area contributed by atoms with Crippen LogP contribution in [0.25, 0.3) is 0 Å². The van der Waals surface area contributed by atoms with E-state index in [1.165, 1.54) is 31.4 Å². The molecule has 0 amide bonds. The van der Waals surface area contributed by atoms with Crippen molar-refractivity contribution in [2.75, 3.05) is 18.3 Å². The third-order valence-electron chi connectivity index (χ3n) is 3.51. The molecule has 0 aromatic heterocycles. The first-order valence-corrected chi connectivity index (χ1v) is 8.93. The van der Waals surface area contributed by atoms with Crippen LogP contribution in [0.1, 0.15) is 15.9 Å². The first-order valence-electron chi connectivity index (χ1n) is 6.52. The molecule has 23 heavy (non-hydrogen) atoms. The van der Waals surface area contributed by atoms with Crippen LogP contribution < -0.4 is 10.1 Å². The topological polar surface area (TPSA) is 72.5 Å². The highest BCUT2D eigenvalue weighted by atomic mass is 35.5. The number of nitrogens with one attached hydrogen (secondary N) is 1. The van der Waals surface area contributed by atoms with E-state index in [0.717, 1.165) is 0 Å². The van der Waals surface area contributed by atoms with Crippen molar-refractivity contribution in [3.63, 3.8) is 0 Å². The Morgan fingerprint density at radius 1 is 1.22 bits per heavy atom. The van der Waals surface area contributed by atoms with Crippen LogP contribution >= 0.6 is 23.2 Å². The molecular formula is C15H11Cl2NO4S. The molecule has 0 radical (unpaired) electrons. The number of ketones is 1. The lowest BCUT2D eigenvalue weighted by Crippen LogP contribution is -2.06. The summed E-state index contributed by atoms with van der Waals surface area (Å²) in [6, 6.07) is 7.44. The first-order chi connectivity index (χ1) is 10.8. The van der Waals surface area contributed by atoms with E-state index in [0.29, 0.717) is 5.69 Å². The Hall–Kier alpha value is -1.76. The second kappa shape index (κ2) is 5.70. The maximum Gasteiger partial charge on any atom is 0.198 e. The van der Waals surface area contributed by atoms with Gasteiger partial charge >= 0.3 is 0 Å². The number of carbonyl (C=O) groups excluding carboxylic acids is 1. The highest BCUT2D eigenvalue weighted by molar-refractivity contribution is 7.92. The fourth-order valence-corrected chi connectivity index (χ4v) is 4.36. The third kappa shape index (κ3) is 2.67. The number of ether oxygens (including phenoxy) is 1. The molecule has 0 saturated heterocycles. The van der Waals surface area contributed by atoms with E-state index >= 15 is 0 Å². The molecular weight excluding hydrogens is 361 g/mol. The molecule has 1 heterocycles. The lowest BCUT2D eigenvalue weighted by Gasteiger charge is -2.10. The standard InChI is InChI=1S/C15H11Cl2NO4S/c1-22-15-10(16)5-8(6-11(15)17)14(19)9-3-2-4-12-13(9)18-7-23(12,20)21/h2-6,18H,7H2,1H3. The minimum Gasteiger partial charge on any atom is -0.494 e. The lowest BCUT2D eigenvalue weighted by atomic mass is 10.0. The van der Waals surface area contributed by atoms with Gasteiger partial charge in [0.05, 0.1) is 27.7 Å². The Kier molecular flexibility index (Phi) is 4.00. The molecule has 3 rings (SSSR count). The largest absolute Gasteiger partial charge is 0.494 e. The maximum absolute atomic E-state index is 12.7. The van der Waals surface area contributed by atoms with E-state index < -0.39 is 9.84 Å². The molecule has 5 nitrogen and oxygen atoms in total. The lowest BCUT2D eigenvalue weighted by molar-refractivity contribution is 0.103. The number of hydrogen-bond donors (Lipinski definition) is 1. The van der Waals surface area contributed by atoms with E-state index in [-0.39, 0.29) is 43.5 Å². The summed E-state index contributed by atoms with van der Waals surface area (Å²) < 4.78 is 28.9. The number of halogens is 2. The number of sulfone groups is 1. The fourth-order valence-electron chi connectivity index (χ4n) is 2.45. The van der Waals surface area contributed by atoms with Crippen molar-refractivity contribution in [2.45, 2.75) is 4.90 Å². The van der Waals surface area contributed by atoms with E-state index in [2.05, 4.69) is 5.32 Å². The molecule has 1 N–H and O–H groups in total. The van der Waals surface area contributed by atoms with Gasteiger partial charge in [-0.05, 0) is 24.3 Å². The van der Waals surface area contributed by atoms with Crippen molar-refractivity contribution >= 4 is 44.5 Å². The van der Waals surface area contributed by atoms with Crippen molar-refractivity contribution in [1.82, 2.24) is 0 Å². The van der Waals surface area contributed by atoms with Gasteiger partial charge in [0.1, 0.15) is 5.88 Å². The highest BCUT2D eigenvalue weighted by Crippen LogP contribution is 2.37. The number of methoxy groups -OCH3 is 1. The average Bonchev–Trinajstić information content (AvgIpc) is 2.82. The van der Waals surface area contributed by atoms with Gasteiger partial charge in [-0.25, -0.2) is 8.42 Å². The summed E-state index contributed by atoms with van der Waals surface area (Å²) in [7, 11) is -1.98. The van der Waals surface area contributed by atoms with Crippen LogP contribution in [0.4, 0.5) is 5.69 Å². The molecule has 8 heteroatoms. The summed E-state index contributed by atoms with van der Waals surface area (Å²) in [6.07, 6.45) is 0. The van der Waals surface area contributed by atoms with Gasteiger partial charge in [-0.1, -0.05) is 29.3 Å².